The van der Waals surface area contributed by atoms with Gasteiger partial charge in [-0.25, -0.2) is 5.11 Å². The standard InChI is InChI=1S/C5H6ClN2O/c1-3(9)4-2-5(6)8-7-4/h2-3H,1H3,(H,7,8). The van der Waals surface area contributed by atoms with Crippen molar-refractivity contribution in [2.45, 2.75) is 13.0 Å². The molecule has 4 heteroatoms. The lowest BCUT2D eigenvalue weighted by Crippen LogP contribution is -1.87. The molecule has 49 valence electrons. The summed E-state index contributed by atoms with van der Waals surface area (Å²) >= 11 is 5.42. The predicted molar refractivity (Wildman–Crippen MR) is 32.7 cm³/mol. The lowest BCUT2D eigenvalue weighted by atomic mass is 10.3. The predicted octanol–water partition coefficient (Wildman–Crippen LogP) is 1.55. The summed E-state index contributed by atoms with van der Waals surface area (Å²) in [5, 5.41) is 17.0. The lowest BCUT2D eigenvalue weighted by molar-refractivity contribution is 0.102. The Morgan fingerprint density at radius 1 is 1.89 bits per heavy atom. The van der Waals surface area contributed by atoms with Crippen LogP contribution >= 0.6 is 11.6 Å². The molecule has 0 bridgehead atoms. The molecule has 9 heavy (non-hydrogen) atoms. The average molecular weight is 146 g/mol. The van der Waals surface area contributed by atoms with Gasteiger partial charge in [0, 0.05) is 6.07 Å². The number of halogens is 1. The third kappa shape index (κ3) is 1.43. The Labute approximate surface area is 57.7 Å². The summed E-state index contributed by atoms with van der Waals surface area (Å²) in [7, 11) is 0. The summed E-state index contributed by atoms with van der Waals surface area (Å²) in [5.41, 5.74) is 0.528. The van der Waals surface area contributed by atoms with Crippen molar-refractivity contribution < 1.29 is 5.11 Å². The van der Waals surface area contributed by atoms with Gasteiger partial charge in [-0.05, 0) is 6.92 Å². The van der Waals surface area contributed by atoms with Gasteiger partial charge in [0.25, 0.3) is 0 Å². The minimum atomic E-state index is -0.773. The molecule has 0 spiro atoms. The highest BCUT2D eigenvalue weighted by molar-refractivity contribution is 6.29. The van der Waals surface area contributed by atoms with E-state index in [9.17, 15) is 5.11 Å². The van der Waals surface area contributed by atoms with E-state index >= 15 is 0 Å². The maximum absolute atomic E-state index is 10.6. The van der Waals surface area contributed by atoms with Gasteiger partial charge in [0.15, 0.2) is 5.15 Å². The topological polar surface area (TPSA) is 48.6 Å². The van der Waals surface area contributed by atoms with Crippen LogP contribution in [0.15, 0.2) is 6.07 Å². The van der Waals surface area contributed by atoms with Gasteiger partial charge in [-0.3, -0.25) is 5.10 Å². The van der Waals surface area contributed by atoms with Crippen molar-refractivity contribution in [2.24, 2.45) is 0 Å². The fourth-order valence-electron chi connectivity index (χ4n) is 0.519. The number of aromatic amines is 1. The van der Waals surface area contributed by atoms with Gasteiger partial charge in [0.2, 0.25) is 0 Å². The van der Waals surface area contributed by atoms with Gasteiger partial charge in [-0.2, -0.15) is 5.10 Å². The van der Waals surface area contributed by atoms with Crippen LogP contribution in [0.1, 0.15) is 18.7 Å². The van der Waals surface area contributed by atoms with Gasteiger partial charge in [0.1, 0.15) is 6.10 Å². The number of aromatic nitrogens is 2. The van der Waals surface area contributed by atoms with Gasteiger partial charge in [-0.1, -0.05) is 11.6 Å². The normalized spacial score (nSPS) is 13.7. The first-order valence-electron chi connectivity index (χ1n) is 2.57. The monoisotopic (exact) mass is 145 g/mol. The fourth-order valence-corrected chi connectivity index (χ4v) is 0.679. The van der Waals surface area contributed by atoms with Gasteiger partial charge in [0.05, 0.1) is 5.69 Å². The van der Waals surface area contributed by atoms with Crippen molar-refractivity contribution >= 4 is 11.6 Å². The van der Waals surface area contributed by atoms with Crippen LogP contribution in [0.5, 0.6) is 0 Å². The minimum absolute atomic E-state index is 0.340. The van der Waals surface area contributed by atoms with E-state index in [0.717, 1.165) is 0 Å². The summed E-state index contributed by atoms with van der Waals surface area (Å²) in [6, 6.07) is 1.53. The molecule has 0 amide bonds. The van der Waals surface area contributed by atoms with E-state index < -0.39 is 6.10 Å². The summed E-state index contributed by atoms with van der Waals surface area (Å²) in [6.07, 6.45) is -0.773. The van der Waals surface area contributed by atoms with Crippen molar-refractivity contribution in [3.63, 3.8) is 0 Å². The van der Waals surface area contributed by atoms with Crippen molar-refractivity contribution in [3.05, 3.63) is 16.9 Å². The highest BCUT2D eigenvalue weighted by atomic mass is 35.5. The molecule has 0 aromatic carbocycles. The van der Waals surface area contributed by atoms with Crippen LogP contribution < -0.4 is 0 Å². The largest absolute Gasteiger partial charge is 0.278 e. The molecule has 1 aromatic rings. The maximum Gasteiger partial charge on any atom is 0.151 e. The van der Waals surface area contributed by atoms with E-state index in [4.69, 9.17) is 11.6 Å². The third-order valence-electron chi connectivity index (χ3n) is 1.00. The quantitative estimate of drug-likeness (QED) is 0.641. The first-order chi connectivity index (χ1) is 4.20. The zero-order chi connectivity index (χ0) is 6.85. The van der Waals surface area contributed by atoms with Crippen LogP contribution in [0.25, 0.3) is 0 Å². The van der Waals surface area contributed by atoms with E-state index in [2.05, 4.69) is 10.2 Å². The molecule has 1 unspecified atom stereocenters. The van der Waals surface area contributed by atoms with Crippen molar-refractivity contribution in [3.8, 4) is 0 Å². The number of hydrogen-bond donors (Lipinski definition) is 1. The highest BCUT2D eigenvalue weighted by Gasteiger charge is 2.04. The van der Waals surface area contributed by atoms with Gasteiger partial charge < -0.3 is 0 Å². The SMILES string of the molecule is CC([O])c1cc(Cl)n[nH]1. The van der Waals surface area contributed by atoms with Crippen LogP contribution in [0.3, 0.4) is 0 Å². The van der Waals surface area contributed by atoms with Gasteiger partial charge in [-0.15, -0.1) is 0 Å². The highest BCUT2D eigenvalue weighted by Crippen LogP contribution is 2.12. The van der Waals surface area contributed by atoms with E-state index in [1.807, 2.05) is 0 Å². The van der Waals surface area contributed by atoms with Crippen LogP contribution in [0, 0.1) is 0 Å². The van der Waals surface area contributed by atoms with Crippen LogP contribution in [-0.4, -0.2) is 10.2 Å². The smallest absolute Gasteiger partial charge is 0.151 e. The Kier molecular flexibility index (Phi) is 1.73. The Morgan fingerprint density at radius 2 is 2.56 bits per heavy atom. The van der Waals surface area contributed by atoms with Crippen molar-refractivity contribution in [2.75, 3.05) is 0 Å². The molecule has 1 atom stereocenters. The number of rotatable bonds is 1. The molecule has 1 radical (unpaired) electrons. The van der Waals surface area contributed by atoms with E-state index in [1.165, 1.54) is 13.0 Å². The Morgan fingerprint density at radius 3 is 2.78 bits per heavy atom. The zero-order valence-electron chi connectivity index (χ0n) is 4.89. The number of hydrogen-bond acceptors (Lipinski definition) is 1. The van der Waals surface area contributed by atoms with E-state index in [-0.39, 0.29) is 0 Å². The minimum Gasteiger partial charge on any atom is -0.278 e. The Bertz CT molecular complexity index is 197. The van der Waals surface area contributed by atoms with E-state index in [0.29, 0.717) is 10.8 Å². The van der Waals surface area contributed by atoms with E-state index in [1.54, 1.807) is 0 Å². The first kappa shape index (κ1) is 6.58. The second-order valence-corrected chi connectivity index (χ2v) is 2.18. The molecule has 1 aromatic heterocycles. The van der Waals surface area contributed by atoms with Crippen LogP contribution in [0.2, 0.25) is 5.15 Å². The first-order valence-corrected chi connectivity index (χ1v) is 2.94. The Hall–Kier alpha value is -0.540. The zero-order valence-corrected chi connectivity index (χ0v) is 5.64. The molecule has 3 nitrogen and oxygen atoms in total. The van der Waals surface area contributed by atoms with Crippen LogP contribution in [-0.2, 0) is 5.11 Å². The molecule has 0 aliphatic rings. The summed E-state index contributed by atoms with van der Waals surface area (Å²) in [6.45, 7) is 1.53. The molecule has 0 aliphatic heterocycles. The van der Waals surface area contributed by atoms with Crippen LogP contribution in [0.4, 0.5) is 0 Å². The molecule has 0 aliphatic carbocycles. The van der Waals surface area contributed by atoms with Crippen molar-refractivity contribution in [1.29, 1.82) is 0 Å². The molecule has 0 fully saturated rings. The molecule has 1 rings (SSSR count). The number of H-pyrrole nitrogens is 1. The van der Waals surface area contributed by atoms with Gasteiger partial charge >= 0.3 is 0 Å². The fraction of sp³-hybridized carbons (Fsp3) is 0.400. The van der Waals surface area contributed by atoms with Crippen molar-refractivity contribution in [1.82, 2.24) is 10.2 Å². The number of nitrogens with zero attached hydrogens (tertiary/aromatic N) is 1. The molecular formula is C5H6ClN2O. The summed E-state index contributed by atoms with van der Waals surface area (Å²) in [4.78, 5) is 0. The molecular weight excluding hydrogens is 140 g/mol. The Balaban J connectivity index is 2.85. The summed E-state index contributed by atoms with van der Waals surface area (Å²) < 4.78 is 0. The molecule has 0 saturated carbocycles. The molecule has 1 heterocycles. The second kappa shape index (κ2) is 2.37. The lowest BCUT2D eigenvalue weighted by Gasteiger charge is -1.91. The maximum atomic E-state index is 10.6. The molecule has 0 saturated heterocycles. The second-order valence-electron chi connectivity index (χ2n) is 1.79. The summed E-state index contributed by atoms with van der Waals surface area (Å²) in [5.74, 6) is 0. The third-order valence-corrected chi connectivity index (χ3v) is 1.20. The number of nitrogens with one attached hydrogen (secondary N) is 1. The average Bonchev–Trinajstić information content (AvgIpc) is 2.14. The molecule has 1 N–H and O–H groups in total.